The Kier molecular flexibility index (Phi) is 10.8. The number of thiazole rings is 1. The second kappa shape index (κ2) is 16.1. The standard InChI is InChI=1S/C43H46N8O6S/c1-23(2)38(43(56)51-21-30(52)19-35(51)41(54)45-24(3)26-9-11-28(12-10-26)39-25(4)44-22-58-39)37-20-32(49-57-37)27-13-15-50(16-14-27)42(55)34-18-29-17-33(47-48-40(29)46-34)31-7-5-6-8-36(31)53/h5-12,17-18,20,22-24,27,30,35,38,52-53H,13-16,19,21H2,1-4H3,(H,45,54)(H,46,48)/t24-,30+,35-,38-/m0/s1. The fraction of sp³-hybridized carbons (Fsp3) is 0.372. The van der Waals surface area contributed by atoms with Crippen molar-refractivity contribution in [3.8, 4) is 27.4 Å². The lowest BCUT2D eigenvalue weighted by Gasteiger charge is -2.30. The number of aromatic hydroxyl groups is 1. The van der Waals surface area contributed by atoms with E-state index in [-0.39, 0.29) is 54.3 Å². The van der Waals surface area contributed by atoms with Crippen LogP contribution in [0.3, 0.4) is 0 Å². The number of aromatic nitrogens is 5. The zero-order chi connectivity index (χ0) is 40.7. The van der Waals surface area contributed by atoms with Gasteiger partial charge in [0.25, 0.3) is 5.91 Å². The van der Waals surface area contributed by atoms with Crippen LogP contribution in [0.1, 0.15) is 91.1 Å². The molecule has 8 rings (SSSR count). The molecule has 0 unspecified atom stereocenters. The molecule has 0 spiro atoms. The van der Waals surface area contributed by atoms with E-state index in [1.54, 1.807) is 46.6 Å². The van der Waals surface area contributed by atoms with Crippen LogP contribution in [0, 0.1) is 12.8 Å². The molecule has 6 aromatic rings. The highest BCUT2D eigenvalue weighted by molar-refractivity contribution is 7.13. The molecule has 2 aliphatic heterocycles. The van der Waals surface area contributed by atoms with Gasteiger partial charge in [0.15, 0.2) is 5.65 Å². The van der Waals surface area contributed by atoms with Gasteiger partial charge in [0.1, 0.15) is 29.2 Å². The molecule has 0 bridgehead atoms. The van der Waals surface area contributed by atoms with E-state index in [0.29, 0.717) is 59.7 Å². The number of nitrogens with zero attached hydrogens (tertiary/aromatic N) is 6. The minimum absolute atomic E-state index is 0.0212. The van der Waals surface area contributed by atoms with E-state index in [9.17, 15) is 24.6 Å². The van der Waals surface area contributed by atoms with Gasteiger partial charge in [0.2, 0.25) is 11.8 Å². The van der Waals surface area contributed by atoms with Crippen molar-refractivity contribution in [3.05, 3.63) is 101 Å². The number of phenols is 1. The number of aromatic amines is 1. The van der Waals surface area contributed by atoms with E-state index in [1.165, 1.54) is 4.90 Å². The fourth-order valence-electron chi connectivity index (χ4n) is 8.18. The van der Waals surface area contributed by atoms with Crippen LogP contribution in [-0.4, -0.2) is 94.8 Å². The first-order valence-corrected chi connectivity index (χ1v) is 20.5. The van der Waals surface area contributed by atoms with E-state index in [4.69, 9.17) is 4.52 Å². The Hall–Kier alpha value is -5.93. The maximum atomic E-state index is 14.3. The van der Waals surface area contributed by atoms with Crippen LogP contribution in [0.5, 0.6) is 5.75 Å². The molecule has 4 N–H and O–H groups in total. The number of amides is 3. The van der Waals surface area contributed by atoms with Crippen LogP contribution in [0.2, 0.25) is 0 Å². The average Bonchev–Trinajstić information content (AvgIpc) is 4.04. The first kappa shape index (κ1) is 38.9. The molecule has 2 aliphatic rings. The van der Waals surface area contributed by atoms with Crippen LogP contribution >= 0.6 is 11.3 Å². The summed E-state index contributed by atoms with van der Waals surface area (Å²) in [5.41, 5.74) is 7.46. The molecule has 2 saturated heterocycles. The number of β-amino-alcohol motifs (C(OH)–C–C–N with tert-alkyl or cyclic N) is 1. The number of nitrogens with one attached hydrogen (secondary N) is 2. The zero-order valence-electron chi connectivity index (χ0n) is 32.8. The second-order valence-corrected chi connectivity index (χ2v) is 16.5. The fourth-order valence-corrected chi connectivity index (χ4v) is 8.99. The van der Waals surface area contributed by atoms with Gasteiger partial charge in [0.05, 0.1) is 39.6 Å². The van der Waals surface area contributed by atoms with Crippen molar-refractivity contribution >= 4 is 40.1 Å². The minimum Gasteiger partial charge on any atom is -0.507 e. The van der Waals surface area contributed by atoms with Crippen LogP contribution < -0.4 is 5.32 Å². The topological polar surface area (TPSA) is 191 Å². The summed E-state index contributed by atoms with van der Waals surface area (Å²) >= 11 is 1.58. The smallest absolute Gasteiger partial charge is 0.270 e. The number of hydrogen-bond acceptors (Lipinski definition) is 11. The molecular weight excluding hydrogens is 757 g/mol. The summed E-state index contributed by atoms with van der Waals surface area (Å²) < 4.78 is 5.86. The molecule has 300 valence electrons. The van der Waals surface area contributed by atoms with Crippen molar-refractivity contribution in [2.45, 2.75) is 77.0 Å². The quantitative estimate of drug-likeness (QED) is 0.121. The largest absolute Gasteiger partial charge is 0.507 e. The molecule has 6 heterocycles. The Morgan fingerprint density at radius 3 is 2.47 bits per heavy atom. The maximum absolute atomic E-state index is 14.3. The van der Waals surface area contributed by atoms with Gasteiger partial charge in [-0.05, 0) is 68.0 Å². The summed E-state index contributed by atoms with van der Waals surface area (Å²) in [6.45, 7) is 8.79. The van der Waals surface area contributed by atoms with Crippen molar-refractivity contribution in [3.63, 3.8) is 0 Å². The number of H-pyrrole nitrogens is 1. The monoisotopic (exact) mass is 802 g/mol. The molecule has 2 fully saturated rings. The number of aliphatic hydroxyl groups excluding tert-OH is 1. The number of para-hydroxylation sites is 1. The molecule has 2 aromatic carbocycles. The van der Waals surface area contributed by atoms with E-state index >= 15 is 0 Å². The van der Waals surface area contributed by atoms with E-state index in [1.807, 2.05) is 69.6 Å². The molecule has 0 radical (unpaired) electrons. The molecule has 0 saturated carbocycles. The van der Waals surface area contributed by atoms with Crippen molar-refractivity contribution in [2.24, 2.45) is 5.92 Å². The van der Waals surface area contributed by atoms with E-state index in [0.717, 1.165) is 27.4 Å². The van der Waals surface area contributed by atoms with Crippen LogP contribution in [0.4, 0.5) is 0 Å². The number of benzene rings is 2. The molecule has 15 heteroatoms. The van der Waals surface area contributed by atoms with Gasteiger partial charge in [-0.25, -0.2) is 4.98 Å². The highest BCUT2D eigenvalue weighted by Gasteiger charge is 2.44. The number of fused-ring (bicyclic) bond motifs is 1. The lowest BCUT2D eigenvalue weighted by atomic mass is 9.89. The predicted molar refractivity (Wildman–Crippen MR) is 218 cm³/mol. The second-order valence-electron chi connectivity index (χ2n) is 15.7. The van der Waals surface area contributed by atoms with Crippen LogP contribution in [-0.2, 0) is 9.59 Å². The summed E-state index contributed by atoms with van der Waals surface area (Å²) in [5, 5.41) is 37.6. The first-order valence-electron chi connectivity index (χ1n) is 19.6. The number of rotatable bonds is 10. The molecule has 58 heavy (non-hydrogen) atoms. The SMILES string of the molecule is Cc1ncsc1-c1ccc([C@H](C)NC(=O)[C@@H]2C[C@@H](O)CN2C(=O)[C@H](c2cc(C3CCN(C(=O)c4cc5cc(-c6ccccc6O)nnc5[nH]4)CC3)no2)C(C)C)cc1. The highest BCUT2D eigenvalue weighted by atomic mass is 32.1. The van der Waals surface area contributed by atoms with E-state index < -0.39 is 18.1 Å². The van der Waals surface area contributed by atoms with Gasteiger partial charge in [0, 0.05) is 49.0 Å². The third-order valence-electron chi connectivity index (χ3n) is 11.4. The summed E-state index contributed by atoms with van der Waals surface area (Å²) in [4.78, 5) is 53.4. The summed E-state index contributed by atoms with van der Waals surface area (Å²) in [7, 11) is 0. The molecule has 14 nitrogen and oxygen atoms in total. The zero-order valence-corrected chi connectivity index (χ0v) is 33.6. The van der Waals surface area contributed by atoms with Gasteiger partial charge in [-0.15, -0.1) is 21.5 Å². The lowest BCUT2D eigenvalue weighted by Crippen LogP contribution is -2.48. The van der Waals surface area contributed by atoms with Gasteiger partial charge in [-0.1, -0.05) is 55.4 Å². The van der Waals surface area contributed by atoms with Crippen molar-refractivity contribution in [2.75, 3.05) is 19.6 Å². The van der Waals surface area contributed by atoms with Gasteiger partial charge in [-0.2, -0.15) is 0 Å². The Balaban J connectivity index is 0.897. The molecule has 4 aromatic heterocycles. The Morgan fingerprint density at radius 2 is 1.76 bits per heavy atom. The highest BCUT2D eigenvalue weighted by Crippen LogP contribution is 2.36. The first-order chi connectivity index (χ1) is 27.9. The number of hydrogen-bond donors (Lipinski definition) is 4. The molecule has 3 amide bonds. The minimum atomic E-state index is -0.835. The average molecular weight is 803 g/mol. The van der Waals surface area contributed by atoms with Crippen molar-refractivity contribution < 1.29 is 29.1 Å². The Labute approximate surface area is 339 Å². The third-order valence-corrected chi connectivity index (χ3v) is 12.4. The van der Waals surface area contributed by atoms with E-state index in [2.05, 4.69) is 30.6 Å². The lowest BCUT2D eigenvalue weighted by molar-refractivity contribution is -0.141. The van der Waals surface area contributed by atoms with Crippen LogP contribution in [0.25, 0.3) is 32.7 Å². The number of carbonyl (C=O) groups excluding carboxylic acids is 3. The van der Waals surface area contributed by atoms with Gasteiger partial charge < -0.3 is 34.8 Å². The Morgan fingerprint density at radius 1 is 1.00 bits per heavy atom. The van der Waals surface area contributed by atoms with Gasteiger partial charge >= 0.3 is 0 Å². The number of carbonyl (C=O) groups is 3. The number of likely N-dealkylation sites (tertiary alicyclic amines) is 2. The maximum Gasteiger partial charge on any atom is 0.270 e. The number of phenolic OH excluding ortho intramolecular Hbond substituents is 1. The molecule has 0 aliphatic carbocycles. The predicted octanol–water partition coefficient (Wildman–Crippen LogP) is 6.35. The van der Waals surface area contributed by atoms with Crippen LogP contribution in [0.15, 0.2) is 76.8 Å². The van der Waals surface area contributed by atoms with Gasteiger partial charge in [-0.3, -0.25) is 14.4 Å². The van der Waals surface area contributed by atoms with Crippen molar-refractivity contribution in [1.29, 1.82) is 0 Å². The number of piperidine rings is 1. The van der Waals surface area contributed by atoms with Crippen molar-refractivity contribution in [1.82, 2.24) is 40.4 Å². The Bertz CT molecular complexity index is 2450. The number of aliphatic hydroxyl groups is 1. The molecule has 4 atom stereocenters. The normalized spacial score (nSPS) is 18.5. The number of aryl methyl sites for hydroxylation is 1. The summed E-state index contributed by atoms with van der Waals surface area (Å²) in [6, 6.07) is 19.1. The molecular formula is C43H46N8O6S. The summed E-state index contributed by atoms with van der Waals surface area (Å²) in [6.07, 6.45) is 0.619. The summed E-state index contributed by atoms with van der Waals surface area (Å²) in [5.74, 6) is -1.10. The third kappa shape index (κ3) is 7.71.